The Morgan fingerprint density at radius 3 is 2.42 bits per heavy atom. The first kappa shape index (κ1) is 19.8. The predicted molar refractivity (Wildman–Crippen MR) is 121 cm³/mol. The van der Waals surface area contributed by atoms with Crippen LogP contribution in [0.3, 0.4) is 0 Å². The van der Waals surface area contributed by atoms with E-state index in [-0.39, 0.29) is 12.6 Å². The van der Waals surface area contributed by atoms with Gasteiger partial charge < -0.3 is 9.47 Å². The Morgan fingerprint density at radius 2 is 1.74 bits per heavy atom. The maximum atomic E-state index is 13.3. The van der Waals surface area contributed by atoms with Crippen LogP contribution >= 0.6 is 0 Å². The standard InChI is InChI=1S/C27H27NO3/c1-17(2)19-4-6-20(7-5-19)23-10-9-22(28-18(23)3)15-26(29)27(12-13-27)21-8-11-24-25(14-21)31-16-30-24/h4-11,14,17H,12-13,15-16H2,1-3H3. The number of Topliss-reactive ketones (excluding diaryl/α,β-unsaturated/α-hetero) is 1. The van der Waals surface area contributed by atoms with Crippen LogP contribution in [0.1, 0.15) is 55.1 Å². The van der Waals surface area contributed by atoms with Gasteiger partial charge in [0.15, 0.2) is 11.5 Å². The number of ketones is 1. The Labute approximate surface area is 183 Å². The fourth-order valence-electron chi connectivity index (χ4n) is 4.45. The third kappa shape index (κ3) is 3.60. The minimum Gasteiger partial charge on any atom is -0.454 e. The van der Waals surface area contributed by atoms with Gasteiger partial charge in [0.2, 0.25) is 6.79 Å². The summed E-state index contributed by atoms with van der Waals surface area (Å²) in [6.45, 7) is 6.66. The zero-order valence-corrected chi connectivity index (χ0v) is 18.3. The van der Waals surface area contributed by atoms with Crippen LogP contribution < -0.4 is 9.47 Å². The third-order valence-electron chi connectivity index (χ3n) is 6.58. The summed E-state index contributed by atoms with van der Waals surface area (Å²) in [7, 11) is 0. The van der Waals surface area contributed by atoms with Crippen molar-refractivity contribution >= 4 is 5.78 Å². The van der Waals surface area contributed by atoms with E-state index < -0.39 is 5.41 Å². The molecular weight excluding hydrogens is 386 g/mol. The van der Waals surface area contributed by atoms with Gasteiger partial charge in [-0.3, -0.25) is 9.78 Å². The van der Waals surface area contributed by atoms with Gasteiger partial charge in [0.05, 0.1) is 5.41 Å². The molecule has 4 nitrogen and oxygen atoms in total. The van der Waals surface area contributed by atoms with Crippen LogP contribution in [0.15, 0.2) is 54.6 Å². The van der Waals surface area contributed by atoms with Crippen molar-refractivity contribution in [3.8, 4) is 22.6 Å². The van der Waals surface area contributed by atoms with E-state index in [0.717, 1.165) is 52.4 Å². The quantitative estimate of drug-likeness (QED) is 0.516. The number of benzene rings is 2. The molecule has 158 valence electrons. The summed E-state index contributed by atoms with van der Waals surface area (Å²) in [4.78, 5) is 18.0. The second-order valence-corrected chi connectivity index (χ2v) is 8.96. The lowest BCUT2D eigenvalue weighted by Crippen LogP contribution is -2.23. The zero-order valence-electron chi connectivity index (χ0n) is 18.3. The molecular formula is C27H27NO3. The fraction of sp³-hybridized carbons (Fsp3) is 0.333. The van der Waals surface area contributed by atoms with Crippen molar-refractivity contribution in [2.24, 2.45) is 0 Å². The lowest BCUT2D eigenvalue weighted by Gasteiger charge is -2.16. The summed E-state index contributed by atoms with van der Waals surface area (Å²) in [6.07, 6.45) is 2.11. The smallest absolute Gasteiger partial charge is 0.231 e. The number of rotatable bonds is 6. The number of aryl methyl sites for hydroxylation is 1. The summed E-state index contributed by atoms with van der Waals surface area (Å²) in [5.41, 5.74) is 6.01. The Kier molecular flexibility index (Phi) is 4.81. The van der Waals surface area contributed by atoms with Crippen LogP contribution in [-0.4, -0.2) is 17.6 Å². The number of hydrogen-bond acceptors (Lipinski definition) is 4. The lowest BCUT2D eigenvalue weighted by molar-refractivity contribution is -0.120. The van der Waals surface area contributed by atoms with Gasteiger partial charge >= 0.3 is 0 Å². The van der Waals surface area contributed by atoms with Gasteiger partial charge in [0, 0.05) is 23.4 Å². The lowest BCUT2D eigenvalue weighted by atomic mass is 9.88. The zero-order chi connectivity index (χ0) is 21.6. The number of fused-ring (bicyclic) bond motifs is 1. The van der Waals surface area contributed by atoms with Gasteiger partial charge in [-0.25, -0.2) is 0 Å². The molecule has 2 heterocycles. The number of pyridine rings is 1. The van der Waals surface area contributed by atoms with E-state index in [1.807, 2.05) is 31.2 Å². The van der Waals surface area contributed by atoms with Gasteiger partial charge in [0.1, 0.15) is 5.78 Å². The molecule has 4 heteroatoms. The van der Waals surface area contributed by atoms with E-state index in [1.165, 1.54) is 5.56 Å². The van der Waals surface area contributed by atoms with E-state index in [0.29, 0.717) is 12.3 Å². The summed E-state index contributed by atoms with van der Waals surface area (Å²) < 4.78 is 10.9. The monoisotopic (exact) mass is 413 g/mol. The first-order valence-electron chi connectivity index (χ1n) is 11.0. The summed E-state index contributed by atoms with van der Waals surface area (Å²) in [5, 5.41) is 0. The van der Waals surface area contributed by atoms with E-state index in [1.54, 1.807) is 0 Å². The van der Waals surface area contributed by atoms with Crippen LogP contribution in [0.5, 0.6) is 11.5 Å². The molecule has 1 saturated carbocycles. The van der Waals surface area contributed by atoms with E-state index in [9.17, 15) is 4.79 Å². The van der Waals surface area contributed by atoms with E-state index in [2.05, 4.69) is 44.2 Å². The molecule has 0 amide bonds. The van der Waals surface area contributed by atoms with Crippen molar-refractivity contribution in [1.29, 1.82) is 0 Å². The van der Waals surface area contributed by atoms with E-state index in [4.69, 9.17) is 14.5 Å². The number of aromatic nitrogens is 1. The number of ether oxygens (including phenoxy) is 2. The first-order chi connectivity index (χ1) is 15.0. The topological polar surface area (TPSA) is 48.4 Å². The van der Waals surface area contributed by atoms with Crippen molar-refractivity contribution in [1.82, 2.24) is 4.98 Å². The van der Waals surface area contributed by atoms with Crippen LogP contribution in [0, 0.1) is 6.92 Å². The minimum atomic E-state index is -0.401. The van der Waals surface area contributed by atoms with Crippen LogP contribution in [0.25, 0.3) is 11.1 Å². The van der Waals surface area contributed by atoms with Crippen LogP contribution in [-0.2, 0) is 16.6 Å². The highest BCUT2D eigenvalue weighted by Gasteiger charge is 2.51. The average Bonchev–Trinajstić information content (AvgIpc) is 3.45. The second-order valence-electron chi connectivity index (χ2n) is 8.96. The fourth-order valence-corrected chi connectivity index (χ4v) is 4.45. The summed E-state index contributed by atoms with van der Waals surface area (Å²) >= 11 is 0. The third-order valence-corrected chi connectivity index (χ3v) is 6.58. The largest absolute Gasteiger partial charge is 0.454 e. The Hall–Kier alpha value is -3.14. The average molecular weight is 414 g/mol. The molecule has 2 aliphatic rings. The molecule has 0 saturated heterocycles. The molecule has 0 N–H and O–H groups in total. The van der Waals surface area contributed by atoms with Gasteiger partial charge in [0.25, 0.3) is 0 Å². The number of carbonyl (C=O) groups excluding carboxylic acids is 1. The highest BCUT2D eigenvalue weighted by Crippen LogP contribution is 2.51. The maximum absolute atomic E-state index is 13.3. The molecule has 1 fully saturated rings. The molecule has 2 aromatic carbocycles. The highest BCUT2D eigenvalue weighted by molar-refractivity contribution is 5.94. The molecule has 0 unspecified atom stereocenters. The Morgan fingerprint density at radius 1 is 1.00 bits per heavy atom. The van der Waals surface area contributed by atoms with Gasteiger partial charge in [-0.1, -0.05) is 50.2 Å². The van der Waals surface area contributed by atoms with E-state index >= 15 is 0 Å². The van der Waals surface area contributed by atoms with Crippen molar-refractivity contribution in [3.05, 3.63) is 77.1 Å². The van der Waals surface area contributed by atoms with Gasteiger partial charge in [-0.05, 0) is 60.6 Å². The minimum absolute atomic E-state index is 0.229. The van der Waals surface area contributed by atoms with Gasteiger partial charge in [-0.15, -0.1) is 0 Å². The molecule has 3 aromatic rings. The molecule has 0 bridgehead atoms. The van der Waals surface area contributed by atoms with Crippen molar-refractivity contribution in [3.63, 3.8) is 0 Å². The molecule has 1 aliphatic heterocycles. The number of nitrogens with zero attached hydrogens (tertiary/aromatic N) is 1. The highest BCUT2D eigenvalue weighted by atomic mass is 16.7. The SMILES string of the molecule is Cc1nc(CC(=O)C2(c3ccc4c(c3)OCO4)CC2)ccc1-c1ccc(C(C)C)cc1. The Bertz CT molecular complexity index is 1140. The summed E-state index contributed by atoms with van der Waals surface area (Å²) in [6, 6.07) is 18.6. The van der Waals surface area contributed by atoms with Crippen molar-refractivity contribution in [2.45, 2.75) is 51.4 Å². The number of carbonyl (C=O) groups is 1. The molecule has 0 atom stereocenters. The molecule has 0 radical (unpaired) electrons. The molecule has 5 rings (SSSR count). The molecule has 0 spiro atoms. The molecule has 1 aliphatic carbocycles. The normalized spacial score (nSPS) is 15.9. The van der Waals surface area contributed by atoms with Gasteiger partial charge in [-0.2, -0.15) is 0 Å². The van der Waals surface area contributed by atoms with Crippen LogP contribution in [0.4, 0.5) is 0 Å². The van der Waals surface area contributed by atoms with Crippen LogP contribution in [0.2, 0.25) is 0 Å². The Balaban J connectivity index is 1.34. The second kappa shape index (κ2) is 7.52. The maximum Gasteiger partial charge on any atom is 0.231 e. The molecule has 1 aromatic heterocycles. The predicted octanol–water partition coefficient (Wildman–Crippen LogP) is 5.75. The number of hydrogen-bond donors (Lipinski definition) is 0. The van der Waals surface area contributed by atoms with Crippen molar-refractivity contribution < 1.29 is 14.3 Å². The first-order valence-corrected chi connectivity index (χ1v) is 11.0. The summed E-state index contributed by atoms with van der Waals surface area (Å²) in [5.74, 6) is 2.23. The molecule has 31 heavy (non-hydrogen) atoms. The van der Waals surface area contributed by atoms with Crippen molar-refractivity contribution in [2.75, 3.05) is 6.79 Å².